The van der Waals surface area contributed by atoms with Gasteiger partial charge in [-0.1, -0.05) is 6.07 Å². The van der Waals surface area contributed by atoms with Gasteiger partial charge in [-0.25, -0.2) is 0 Å². The van der Waals surface area contributed by atoms with Gasteiger partial charge in [0.15, 0.2) is 0 Å². The molecule has 2 aromatic rings. The lowest BCUT2D eigenvalue weighted by atomic mass is 10.0. The molecule has 0 N–H and O–H groups in total. The van der Waals surface area contributed by atoms with E-state index >= 15 is 0 Å². The maximum absolute atomic E-state index is 12.4. The van der Waals surface area contributed by atoms with E-state index in [4.69, 9.17) is 4.74 Å². The average molecular weight is 297 g/mol. The van der Waals surface area contributed by atoms with Crippen LogP contribution < -0.4 is 4.74 Å². The molecule has 0 aliphatic carbocycles. The van der Waals surface area contributed by atoms with Crippen LogP contribution in [-0.2, 0) is 0 Å². The third-order valence-corrected chi connectivity index (χ3v) is 4.18. The Hall–Kier alpha value is -2.38. The summed E-state index contributed by atoms with van der Waals surface area (Å²) in [5.41, 5.74) is 2.82. The summed E-state index contributed by atoms with van der Waals surface area (Å²) in [4.78, 5) is 13.0. The van der Waals surface area contributed by atoms with E-state index in [0.717, 1.165) is 22.4 Å². The van der Waals surface area contributed by atoms with E-state index < -0.39 is 0 Å². The van der Waals surface area contributed by atoms with Gasteiger partial charge in [0.05, 0.1) is 12.0 Å². The van der Waals surface area contributed by atoms with Gasteiger partial charge in [-0.15, -0.1) is 11.3 Å². The number of hydrogen-bond donors (Lipinski definition) is 0. The molecule has 0 saturated heterocycles. The van der Waals surface area contributed by atoms with Crippen LogP contribution >= 0.6 is 11.3 Å². The molecule has 2 rings (SSSR count). The van der Waals surface area contributed by atoms with Gasteiger partial charge in [-0.3, -0.25) is 4.79 Å². The fraction of sp³-hybridized carbons (Fsp3) is 0.176. The summed E-state index contributed by atoms with van der Waals surface area (Å²) < 4.78 is 5.20. The van der Waals surface area contributed by atoms with Crippen LogP contribution in [0.5, 0.6) is 5.75 Å². The Bertz CT molecular complexity index is 750. The van der Waals surface area contributed by atoms with Crippen molar-refractivity contribution >= 4 is 23.2 Å². The number of aryl methyl sites for hydroxylation is 2. The topological polar surface area (TPSA) is 50.1 Å². The molecule has 0 aliphatic rings. The molecule has 1 heterocycles. The Morgan fingerprint density at radius 3 is 2.57 bits per heavy atom. The lowest BCUT2D eigenvalue weighted by molar-refractivity contribution is 0.104. The maximum atomic E-state index is 12.4. The van der Waals surface area contributed by atoms with Gasteiger partial charge in [0.2, 0.25) is 5.78 Å². The van der Waals surface area contributed by atoms with E-state index in [2.05, 4.69) is 0 Å². The van der Waals surface area contributed by atoms with Crippen molar-refractivity contribution in [3.05, 3.63) is 56.8 Å². The highest BCUT2D eigenvalue weighted by Gasteiger charge is 2.15. The highest BCUT2D eigenvalue weighted by molar-refractivity contribution is 7.12. The normalized spacial score (nSPS) is 11.0. The lowest BCUT2D eigenvalue weighted by Gasteiger charge is -2.05. The summed E-state index contributed by atoms with van der Waals surface area (Å²) in [5.74, 6) is 0.560. The molecule has 0 amide bonds. The third kappa shape index (κ3) is 3.21. The number of methoxy groups -OCH3 is 1. The molecule has 1 aromatic carbocycles. The first-order chi connectivity index (χ1) is 10.1. The van der Waals surface area contributed by atoms with E-state index in [1.807, 2.05) is 49.6 Å². The number of thiophene rings is 1. The monoisotopic (exact) mass is 297 g/mol. The molecule has 0 aliphatic heterocycles. The summed E-state index contributed by atoms with van der Waals surface area (Å²) in [5, 5.41) is 11.1. The third-order valence-electron chi connectivity index (χ3n) is 3.16. The maximum Gasteiger partial charge on any atom is 0.213 e. The molecule has 0 atom stereocenters. The van der Waals surface area contributed by atoms with Gasteiger partial charge in [0, 0.05) is 0 Å². The molecular weight excluding hydrogens is 282 g/mol. The predicted molar refractivity (Wildman–Crippen MR) is 84.7 cm³/mol. The Kier molecular flexibility index (Phi) is 4.56. The van der Waals surface area contributed by atoms with Crippen molar-refractivity contribution in [1.82, 2.24) is 0 Å². The number of benzene rings is 1. The number of Topliss-reactive ketones (excluding diaryl/α,β-unsaturated/α-hetero) is 1. The molecule has 0 radical (unpaired) electrons. The van der Waals surface area contributed by atoms with Crippen molar-refractivity contribution < 1.29 is 9.53 Å². The van der Waals surface area contributed by atoms with Crippen LogP contribution in [-0.4, -0.2) is 12.9 Å². The first-order valence-corrected chi connectivity index (χ1v) is 7.30. The number of carbonyl (C=O) groups is 1. The minimum atomic E-state index is -0.224. The van der Waals surface area contributed by atoms with Crippen LogP contribution in [0.2, 0.25) is 0 Å². The van der Waals surface area contributed by atoms with Crippen molar-refractivity contribution in [2.45, 2.75) is 13.8 Å². The van der Waals surface area contributed by atoms with Gasteiger partial charge in [-0.05, 0) is 60.2 Å². The highest BCUT2D eigenvalue weighted by Crippen LogP contribution is 2.23. The number of allylic oxidation sites excluding steroid dienone is 1. The van der Waals surface area contributed by atoms with Crippen LogP contribution in [0, 0.1) is 25.2 Å². The molecule has 1 aromatic heterocycles. The first kappa shape index (κ1) is 15.0. The van der Waals surface area contributed by atoms with Crippen LogP contribution in [0.1, 0.15) is 26.4 Å². The smallest absolute Gasteiger partial charge is 0.213 e. The molecule has 106 valence electrons. The number of hydrogen-bond acceptors (Lipinski definition) is 4. The zero-order valence-corrected chi connectivity index (χ0v) is 13.0. The largest absolute Gasteiger partial charge is 0.496 e. The van der Waals surface area contributed by atoms with Crippen molar-refractivity contribution in [3.8, 4) is 11.8 Å². The van der Waals surface area contributed by atoms with Crippen LogP contribution in [0.3, 0.4) is 0 Å². The van der Waals surface area contributed by atoms with Crippen LogP contribution in [0.15, 0.2) is 35.2 Å². The number of nitriles is 1. The molecule has 3 nitrogen and oxygen atoms in total. The zero-order chi connectivity index (χ0) is 15.4. The number of carbonyl (C=O) groups excluding carboxylic acids is 1. The molecule has 21 heavy (non-hydrogen) atoms. The molecule has 4 heteroatoms. The summed E-state index contributed by atoms with van der Waals surface area (Å²) in [6.07, 6.45) is 1.62. The molecule has 0 unspecified atom stereocenters. The number of ether oxygens (including phenoxy) is 1. The molecule has 0 saturated carbocycles. The fourth-order valence-corrected chi connectivity index (χ4v) is 2.91. The first-order valence-electron chi connectivity index (χ1n) is 6.42. The van der Waals surface area contributed by atoms with Crippen molar-refractivity contribution in [3.63, 3.8) is 0 Å². The Morgan fingerprint density at radius 1 is 1.29 bits per heavy atom. The second-order valence-corrected chi connectivity index (χ2v) is 5.58. The Morgan fingerprint density at radius 2 is 2.05 bits per heavy atom. The Balaban J connectivity index is 2.38. The summed E-state index contributed by atoms with van der Waals surface area (Å²) in [6, 6.07) is 9.44. The van der Waals surface area contributed by atoms with E-state index in [1.165, 1.54) is 11.3 Å². The second kappa shape index (κ2) is 6.38. The lowest BCUT2D eigenvalue weighted by Crippen LogP contribution is -2.01. The summed E-state index contributed by atoms with van der Waals surface area (Å²) in [7, 11) is 1.61. The van der Waals surface area contributed by atoms with Gasteiger partial charge in [-0.2, -0.15) is 5.26 Å². The molecular formula is C17H15NO2S. The van der Waals surface area contributed by atoms with Crippen molar-refractivity contribution in [2.24, 2.45) is 0 Å². The van der Waals surface area contributed by atoms with Gasteiger partial charge in [0.1, 0.15) is 17.4 Å². The standard InChI is InChI=1S/C17H15NO2S/c1-11-6-7-21-17(11)16(19)14(10-18)9-13-4-5-15(20-3)12(2)8-13/h4-9H,1-3H3/b14-9+. The minimum absolute atomic E-state index is 0.144. The SMILES string of the molecule is COc1ccc(/C=C(\C#N)C(=O)c2sccc2C)cc1C. The van der Waals surface area contributed by atoms with Gasteiger partial charge >= 0.3 is 0 Å². The molecule has 0 spiro atoms. The van der Waals surface area contributed by atoms with E-state index in [-0.39, 0.29) is 11.4 Å². The summed E-state index contributed by atoms with van der Waals surface area (Å²) >= 11 is 1.36. The number of ketones is 1. The van der Waals surface area contributed by atoms with Crippen LogP contribution in [0.25, 0.3) is 6.08 Å². The van der Waals surface area contributed by atoms with Crippen molar-refractivity contribution in [2.75, 3.05) is 7.11 Å². The molecule has 0 fully saturated rings. The quantitative estimate of drug-likeness (QED) is 0.483. The zero-order valence-electron chi connectivity index (χ0n) is 12.1. The van der Waals surface area contributed by atoms with E-state index in [9.17, 15) is 10.1 Å². The predicted octanol–water partition coefficient (Wildman–Crippen LogP) is 4.16. The van der Waals surface area contributed by atoms with E-state index in [0.29, 0.717) is 4.88 Å². The second-order valence-electron chi connectivity index (χ2n) is 4.66. The van der Waals surface area contributed by atoms with Crippen molar-refractivity contribution in [1.29, 1.82) is 5.26 Å². The number of rotatable bonds is 4. The number of nitrogens with zero attached hydrogens (tertiary/aromatic N) is 1. The summed E-state index contributed by atoms with van der Waals surface area (Å²) in [6.45, 7) is 3.80. The Labute approximate surface area is 128 Å². The van der Waals surface area contributed by atoms with Crippen LogP contribution in [0.4, 0.5) is 0 Å². The average Bonchev–Trinajstić information content (AvgIpc) is 2.90. The van der Waals surface area contributed by atoms with E-state index in [1.54, 1.807) is 13.2 Å². The van der Waals surface area contributed by atoms with Gasteiger partial charge in [0.25, 0.3) is 0 Å². The highest BCUT2D eigenvalue weighted by atomic mass is 32.1. The minimum Gasteiger partial charge on any atom is -0.496 e. The molecule has 0 bridgehead atoms. The fourth-order valence-electron chi connectivity index (χ4n) is 2.03. The van der Waals surface area contributed by atoms with Gasteiger partial charge < -0.3 is 4.74 Å².